The van der Waals surface area contributed by atoms with Gasteiger partial charge in [-0.25, -0.2) is 19.6 Å². The number of imidazole rings is 2. The van der Waals surface area contributed by atoms with Crippen molar-refractivity contribution >= 4 is 24.0 Å². The molecule has 268 valence electrons. The number of benzene rings is 2. The van der Waals surface area contributed by atoms with Crippen molar-refractivity contribution in [2.45, 2.75) is 64.2 Å². The molecule has 0 saturated carbocycles. The van der Waals surface area contributed by atoms with Crippen LogP contribution < -0.4 is 10.6 Å². The average Bonchev–Trinajstić information content (AvgIpc) is 3.94. The SMILES string of the molecule is COC(=O)N[C@H]1CCCN(Cc2ncc(-c3ccc(-c4ccc(-c5cnc([C@@H]6CCCN6C(=O)[C@@H](NC(=O)OC)C(C)C)[nH]5)cc4)cc3)[nH]2)C1=O. The topological polar surface area (TPSA) is 175 Å². The Kier molecular flexibility index (Phi) is 10.7. The summed E-state index contributed by atoms with van der Waals surface area (Å²) in [5, 5.41) is 5.30. The highest BCUT2D eigenvalue weighted by Gasteiger charge is 2.37. The largest absolute Gasteiger partial charge is 0.453 e. The maximum atomic E-state index is 13.5. The summed E-state index contributed by atoms with van der Waals surface area (Å²) in [6.07, 6.45) is 5.31. The zero-order valence-electron chi connectivity index (χ0n) is 29.3. The Morgan fingerprint density at radius 1 is 0.824 bits per heavy atom. The van der Waals surface area contributed by atoms with Gasteiger partial charge in [0.2, 0.25) is 11.8 Å². The predicted molar refractivity (Wildman–Crippen MR) is 189 cm³/mol. The van der Waals surface area contributed by atoms with E-state index < -0.39 is 24.3 Å². The molecule has 3 atom stereocenters. The van der Waals surface area contributed by atoms with Gasteiger partial charge in [-0.3, -0.25) is 9.59 Å². The number of rotatable bonds is 10. The molecule has 0 radical (unpaired) electrons. The van der Waals surface area contributed by atoms with E-state index in [1.54, 1.807) is 22.2 Å². The minimum absolute atomic E-state index is 0.102. The Hall–Kier alpha value is -5.66. The van der Waals surface area contributed by atoms with Crippen LogP contribution in [0.2, 0.25) is 0 Å². The van der Waals surface area contributed by atoms with Gasteiger partial charge < -0.3 is 39.9 Å². The number of aromatic amines is 2. The summed E-state index contributed by atoms with van der Waals surface area (Å²) in [5.74, 6) is 1.00. The molecule has 4 heterocycles. The smallest absolute Gasteiger partial charge is 0.407 e. The third-order valence-electron chi connectivity index (χ3n) is 9.54. The second kappa shape index (κ2) is 15.5. The molecule has 0 aliphatic carbocycles. The van der Waals surface area contributed by atoms with Gasteiger partial charge in [-0.05, 0) is 53.9 Å². The Morgan fingerprint density at radius 3 is 2.04 bits per heavy atom. The summed E-state index contributed by atoms with van der Waals surface area (Å²) in [6.45, 7) is 5.31. The molecule has 14 nitrogen and oxygen atoms in total. The molecule has 2 aliphatic rings. The van der Waals surface area contributed by atoms with Gasteiger partial charge in [0, 0.05) is 13.1 Å². The van der Waals surface area contributed by atoms with Crippen LogP contribution in [0.3, 0.4) is 0 Å². The first-order valence-electron chi connectivity index (χ1n) is 17.2. The molecule has 2 fully saturated rings. The highest BCUT2D eigenvalue weighted by Crippen LogP contribution is 2.33. The standard InChI is InChI=1S/C37H44N8O6/c1-22(2)32(43-37(49)51-4)35(47)45-18-6-8-30(45)33-39-20-29(41-33)26-15-11-24(12-16-26)23-9-13-25(14-10-23)28-19-38-31(40-28)21-44-17-5-7-27(34(44)46)42-36(48)50-3/h9-16,19-20,22,27,30,32H,5-8,17-18,21H2,1-4H3,(H,38,40)(H,39,41)(H,42,48)(H,43,49)/t27-,30-,32-/m0/s1. The lowest BCUT2D eigenvalue weighted by Crippen LogP contribution is -2.51. The van der Waals surface area contributed by atoms with Crippen molar-refractivity contribution in [2.75, 3.05) is 27.3 Å². The third-order valence-corrected chi connectivity index (χ3v) is 9.54. The Morgan fingerprint density at radius 2 is 1.41 bits per heavy atom. The quantitative estimate of drug-likeness (QED) is 0.179. The third kappa shape index (κ3) is 7.89. The molecular weight excluding hydrogens is 652 g/mol. The number of nitrogens with zero attached hydrogens (tertiary/aromatic N) is 4. The molecule has 14 heteroatoms. The van der Waals surface area contributed by atoms with Gasteiger partial charge in [0.05, 0.1) is 50.6 Å². The van der Waals surface area contributed by atoms with Crippen LogP contribution in [0.4, 0.5) is 9.59 Å². The lowest BCUT2D eigenvalue weighted by Gasteiger charge is -2.31. The molecule has 2 aliphatic heterocycles. The fourth-order valence-electron chi connectivity index (χ4n) is 6.73. The van der Waals surface area contributed by atoms with Crippen LogP contribution in [-0.4, -0.2) is 93.1 Å². The van der Waals surface area contributed by atoms with Gasteiger partial charge in [-0.1, -0.05) is 62.4 Å². The molecule has 2 aromatic carbocycles. The number of piperidine rings is 1. The number of hydrogen-bond acceptors (Lipinski definition) is 8. The van der Waals surface area contributed by atoms with Crippen LogP contribution in [0.1, 0.15) is 57.2 Å². The monoisotopic (exact) mass is 696 g/mol. The molecule has 4 aromatic rings. The van der Waals surface area contributed by atoms with Crippen molar-refractivity contribution < 1.29 is 28.7 Å². The maximum Gasteiger partial charge on any atom is 0.407 e. The van der Waals surface area contributed by atoms with Gasteiger partial charge >= 0.3 is 12.2 Å². The minimum Gasteiger partial charge on any atom is -0.453 e. The van der Waals surface area contributed by atoms with Gasteiger partial charge in [-0.15, -0.1) is 0 Å². The van der Waals surface area contributed by atoms with Crippen molar-refractivity contribution in [3.05, 3.63) is 72.6 Å². The molecular formula is C37H44N8O6. The molecule has 2 aromatic heterocycles. The molecule has 0 spiro atoms. The number of H-pyrrole nitrogens is 2. The highest BCUT2D eigenvalue weighted by molar-refractivity contribution is 5.87. The van der Waals surface area contributed by atoms with Crippen molar-refractivity contribution in [3.8, 4) is 33.6 Å². The summed E-state index contributed by atoms with van der Waals surface area (Å²) < 4.78 is 9.39. The number of hydrogen-bond donors (Lipinski definition) is 4. The van der Waals surface area contributed by atoms with Crippen LogP contribution in [0.5, 0.6) is 0 Å². The first-order chi connectivity index (χ1) is 24.6. The number of carbonyl (C=O) groups is 4. The fraction of sp³-hybridized carbons (Fsp3) is 0.405. The number of amides is 4. The molecule has 2 saturated heterocycles. The van der Waals surface area contributed by atoms with Gasteiger partial charge in [0.15, 0.2) is 0 Å². The van der Waals surface area contributed by atoms with Gasteiger partial charge in [0.1, 0.15) is 23.7 Å². The van der Waals surface area contributed by atoms with Crippen molar-refractivity contribution in [1.29, 1.82) is 0 Å². The van der Waals surface area contributed by atoms with E-state index in [2.05, 4.69) is 59.6 Å². The minimum atomic E-state index is -0.685. The van der Waals surface area contributed by atoms with Crippen LogP contribution >= 0.6 is 0 Å². The van der Waals surface area contributed by atoms with Crippen molar-refractivity contribution in [1.82, 2.24) is 40.4 Å². The number of methoxy groups -OCH3 is 2. The first kappa shape index (κ1) is 35.2. The lowest BCUT2D eigenvalue weighted by atomic mass is 10.0. The van der Waals surface area contributed by atoms with Crippen molar-refractivity contribution in [3.63, 3.8) is 0 Å². The van der Waals surface area contributed by atoms with E-state index in [4.69, 9.17) is 4.74 Å². The molecule has 51 heavy (non-hydrogen) atoms. The molecule has 0 unspecified atom stereocenters. The van der Waals surface area contributed by atoms with Crippen LogP contribution in [0.15, 0.2) is 60.9 Å². The second-order valence-corrected chi connectivity index (χ2v) is 13.2. The number of aromatic nitrogens is 4. The molecule has 0 bridgehead atoms. The van der Waals surface area contributed by atoms with Crippen LogP contribution in [0.25, 0.3) is 33.6 Å². The number of carbonyl (C=O) groups excluding carboxylic acids is 4. The Labute approximate surface area is 296 Å². The highest BCUT2D eigenvalue weighted by atomic mass is 16.5. The van der Waals surface area contributed by atoms with Crippen LogP contribution in [0, 0.1) is 5.92 Å². The zero-order chi connectivity index (χ0) is 36.1. The Balaban J connectivity index is 1.08. The van der Waals surface area contributed by atoms with E-state index in [9.17, 15) is 19.2 Å². The molecule has 4 amide bonds. The maximum absolute atomic E-state index is 13.5. The summed E-state index contributed by atoms with van der Waals surface area (Å²) >= 11 is 0. The molecule has 4 N–H and O–H groups in total. The fourth-order valence-corrected chi connectivity index (χ4v) is 6.73. The number of ether oxygens (including phenoxy) is 2. The van der Waals surface area contributed by atoms with E-state index in [0.717, 1.165) is 58.7 Å². The summed E-state index contributed by atoms with van der Waals surface area (Å²) in [5.41, 5.74) is 5.75. The van der Waals surface area contributed by atoms with E-state index >= 15 is 0 Å². The second-order valence-electron chi connectivity index (χ2n) is 13.2. The van der Waals surface area contributed by atoms with Gasteiger partial charge in [-0.2, -0.15) is 0 Å². The van der Waals surface area contributed by atoms with E-state index in [1.165, 1.54) is 14.2 Å². The normalized spacial score (nSPS) is 18.1. The summed E-state index contributed by atoms with van der Waals surface area (Å²) in [7, 11) is 2.57. The van der Waals surface area contributed by atoms with Crippen LogP contribution in [-0.2, 0) is 25.6 Å². The zero-order valence-corrected chi connectivity index (χ0v) is 29.3. The molecule has 6 rings (SSSR count). The average molecular weight is 697 g/mol. The Bertz CT molecular complexity index is 1850. The number of alkyl carbamates (subject to hydrolysis) is 2. The number of nitrogens with one attached hydrogen (secondary N) is 4. The summed E-state index contributed by atoms with van der Waals surface area (Å²) in [6, 6.07) is 14.9. The lowest BCUT2D eigenvalue weighted by molar-refractivity contribution is -0.136. The van der Waals surface area contributed by atoms with E-state index in [1.807, 2.05) is 38.1 Å². The summed E-state index contributed by atoms with van der Waals surface area (Å²) in [4.78, 5) is 69.3. The number of likely N-dealkylation sites (tertiary alicyclic amines) is 2. The van der Waals surface area contributed by atoms with E-state index in [-0.39, 0.29) is 23.8 Å². The van der Waals surface area contributed by atoms with Crippen molar-refractivity contribution in [2.24, 2.45) is 5.92 Å². The predicted octanol–water partition coefficient (Wildman–Crippen LogP) is 5.02. The van der Waals surface area contributed by atoms with Gasteiger partial charge in [0.25, 0.3) is 0 Å². The first-order valence-corrected chi connectivity index (χ1v) is 17.2. The van der Waals surface area contributed by atoms with E-state index in [0.29, 0.717) is 31.9 Å².